The minimum atomic E-state index is -2.79. The van der Waals surface area contributed by atoms with Crippen LogP contribution >= 0.6 is 0 Å². The lowest BCUT2D eigenvalue weighted by atomic mass is 10.0. The maximum Gasteiger partial charge on any atom is 0.387 e. The highest BCUT2D eigenvalue weighted by Gasteiger charge is 2.22. The van der Waals surface area contributed by atoms with Crippen molar-refractivity contribution < 1.29 is 18.3 Å². The summed E-state index contributed by atoms with van der Waals surface area (Å²) in [6.07, 6.45) is 1.04. The van der Waals surface area contributed by atoms with Crippen LogP contribution in [-0.2, 0) is 11.3 Å². The van der Waals surface area contributed by atoms with Gasteiger partial charge in [-0.3, -0.25) is 0 Å². The quantitative estimate of drug-likeness (QED) is 0.863. The molecule has 1 fully saturated rings. The van der Waals surface area contributed by atoms with Gasteiger partial charge in [-0.2, -0.15) is 8.78 Å². The van der Waals surface area contributed by atoms with Crippen LogP contribution in [0.1, 0.15) is 18.9 Å². The van der Waals surface area contributed by atoms with Crippen LogP contribution in [0.3, 0.4) is 0 Å². The van der Waals surface area contributed by atoms with Crippen molar-refractivity contribution in [3.05, 3.63) is 29.8 Å². The fourth-order valence-corrected chi connectivity index (χ4v) is 2.25. The third kappa shape index (κ3) is 4.14. The smallest absolute Gasteiger partial charge is 0.387 e. The van der Waals surface area contributed by atoms with Crippen molar-refractivity contribution in [1.82, 2.24) is 5.32 Å². The van der Waals surface area contributed by atoms with Crippen LogP contribution in [0, 0.1) is 5.92 Å². The molecule has 2 atom stereocenters. The first-order valence-electron chi connectivity index (χ1n) is 6.50. The van der Waals surface area contributed by atoms with E-state index in [9.17, 15) is 8.78 Å². The van der Waals surface area contributed by atoms with Gasteiger partial charge in [0.1, 0.15) is 5.75 Å². The number of nitrogens with one attached hydrogen (secondary N) is 1. The molecule has 0 aromatic heterocycles. The number of rotatable bonds is 6. The summed E-state index contributed by atoms with van der Waals surface area (Å²) in [7, 11) is 0. The fraction of sp³-hybridized carbons (Fsp3) is 0.571. The zero-order chi connectivity index (χ0) is 13.7. The predicted molar refractivity (Wildman–Crippen MR) is 68.3 cm³/mol. The Kier molecular flexibility index (Phi) is 5.10. The molecule has 1 N–H and O–H groups in total. The van der Waals surface area contributed by atoms with E-state index >= 15 is 0 Å². The van der Waals surface area contributed by atoms with Gasteiger partial charge in [-0.15, -0.1) is 0 Å². The van der Waals surface area contributed by atoms with Crippen molar-refractivity contribution in [2.75, 3.05) is 13.2 Å². The molecule has 2 rings (SSSR count). The molecule has 5 heteroatoms. The molecule has 0 amide bonds. The fourth-order valence-electron chi connectivity index (χ4n) is 2.25. The Labute approximate surface area is 111 Å². The number of para-hydroxylation sites is 1. The molecule has 2 unspecified atom stereocenters. The molecule has 3 nitrogen and oxygen atoms in total. The lowest BCUT2D eigenvalue weighted by molar-refractivity contribution is -0.0505. The first-order valence-corrected chi connectivity index (χ1v) is 6.50. The highest BCUT2D eigenvalue weighted by Crippen LogP contribution is 2.21. The summed E-state index contributed by atoms with van der Waals surface area (Å²) in [5, 5.41) is 3.35. The van der Waals surface area contributed by atoms with Gasteiger partial charge in [-0.1, -0.05) is 18.2 Å². The summed E-state index contributed by atoms with van der Waals surface area (Å²) in [5.74, 6) is 0.725. The van der Waals surface area contributed by atoms with E-state index in [2.05, 4.69) is 17.0 Å². The Morgan fingerprint density at radius 3 is 2.89 bits per heavy atom. The van der Waals surface area contributed by atoms with Gasteiger partial charge >= 0.3 is 6.61 Å². The van der Waals surface area contributed by atoms with Crippen molar-refractivity contribution in [1.29, 1.82) is 0 Å². The number of alkyl halides is 2. The average Bonchev–Trinajstić information content (AvgIpc) is 2.90. The van der Waals surface area contributed by atoms with Crippen LogP contribution in [0.5, 0.6) is 5.75 Å². The van der Waals surface area contributed by atoms with Crippen molar-refractivity contribution in [3.63, 3.8) is 0 Å². The summed E-state index contributed by atoms with van der Waals surface area (Å²) >= 11 is 0. The zero-order valence-electron chi connectivity index (χ0n) is 10.9. The summed E-state index contributed by atoms with van der Waals surface area (Å²) in [4.78, 5) is 0. The summed E-state index contributed by atoms with van der Waals surface area (Å²) in [5.41, 5.74) is 0.744. The maximum absolute atomic E-state index is 12.3. The molecule has 1 aliphatic heterocycles. The SMILES string of the molecule is CC(NCc1ccccc1OC(F)F)C1CCOC1. The molecular weight excluding hydrogens is 252 g/mol. The number of ether oxygens (including phenoxy) is 2. The van der Waals surface area contributed by atoms with E-state index in [0.29, 0.717) is 18.5 Å². The highest BCUT2D eigenvalue weighted by molar-refractivity contribution is 5.33. The third-order valence-corrected chi connectivity index (χ3v) is 3.48. The van der Waals surface area contributed by atoms with Gasteiger partial charge in [0.2, 0.25) is 0 Å². The molecule has 0 aliphatic carbocycles. The molecule has 1 saturated heterocycles. The zero-order valence-corrected chi connectivity index (χ0v) is 10.9. The summed E-state index contributed by atoms with van der Waals surface area (Å²) in [6.45, 7) is 1.39. The van der Waals surface area contributed by atoms with E-state index in [1.165, 1.54) is 0 Å². The minimum Gasteiger partial charge on any atom is -0.434 e. The van der Waals surface area contributed by atoms with Crippen molar-refractivity contribution in [3.8, 4) is 5.75 Å². The highest BCUT2D eigenvalue weighted by atomic mass is 19.3. The molecule has 106 valence electrons. The van der Waals surface area contributed by atoms with Gasteiger partial charge in [-0.05, 0) is 25.3 Å². The van der Waals surface area contributed by atoms with E-state index in [-0.39, 0.29) is 5.75 Å². The second kappa shape index (κ2) is 6.82. The number of halogens is 2. The van der Waals surface area contributed by atoms with Crippen molar-refractivity contribution >= 4 is 0 Å². The Bertz CT molecular complexity index is 395. The van der Waals surface area contributed by atoms with Gasteiger partial charge in [-0.25, -0.2) is 0 Å². The second-order valence-electron chi connectivity index (χ2n) is 4.78. The average molecular weight is 271 g/mol. The van der Waals surface area contributed by atoms with Crippen LogP contribution in [0.25, 0.3) is 0 Å². The molecule has 1 aromatic carbocycles. The topological polar surface area (TPSA) is 30.5 Å². The minimum absolute atomic E-state index is 0.236. The van der Waals surface area contributed by atoms with Crippen LogP contribution in [0.4, 0.5) is 8.78 Å². The van der Waals surface area contributed by atoms with Crippen LogP contribution in [0.15, 0.2) is 24.3 Å². The summed E-state index contributed by atoms with van der Waals surface area (Å²) in [6, 6.07) is 7.16. The molecule has 0 radical (unpaired) electrons. The molecular formula is C14H19F2NO2. The standard InChI is InChI=1S/C14H19F2NO2/c1-10(12-6-7-18-9-12)17-8-11-4-2-3-5-13(11)19-14(15)16/h2-5,10,12,14,17H,6-9H2,1H3. The maximum atomic E-state index is 12.3. The van der Waals surface area contributed by atoms with Gasteiger partial charge in [0, 0.05) is 24.8 Å². The van der Waals surface area contributed by atoms with Crippen molar-refractivity contribution in [2.24, 2.45) is 5.92 Å². The van der Waals surface area contributed by atoms with Crippen molar-refractivity contribution in [2.45, 2.75) is 32.5 Å². The second-order valence-corrected chi connectivity index (χ2v) is 4.78. The lowest BCUT2D eigenvalue weighted by Crippen LogP contribution is -2.33. The van der Waals surface area contributed by atoms with Crippen LogP contribution in [0.2, 0.25) is 0 Å². The molecule has 1 aliphatic rings. The molecule has 0 saturated carbocycles. The van der Waals surface area contributed by atoms with E-state index in [4.69, 9.17) is 4.74 Å². The van der Waals surface area contributed by atoms with Crippen LogP contribution in [-0.4, -0.2) is 25.9 Å². The molecule has 0 spiro atoms. The molecule has 1 heterocycles. The summed E-state index contributed by atoms with van der Waals surface area (Å²) < 4.78 is 34.4. The number of hydrogen-bond donors (Lipinski definition) is 1. The van der Waals surface area contributed by atoms with Crippen LogP contribution < -0.4 is 10.1 Å². The predicted octanol–water partition coefficient (Wildman–Crippen LogP) is 2.80. The Hall–Kier alpha value is -1.20. The van der Waals surface area contributed by atoms with E-state index in [0.717, 1.165) is 25.2 Å². The van der Waals surface area contributed by atoms with E-state index in [1.807, 2.05) is 6.07 Å². The van der Waals surface area contributed by atoms with Gasteiger partial charge < -0.3 is 14.8 Å². The van der Waals surface area contributed by atoms with Gasteiger partial charge in [0.25, 0.3) is 0 Å². The number of hydrogen-bond acceptors (Lipinski definition) is 3. The normalized spacial score (nSPS) is 20.7. The molecule has 19 heavy (non-hydrogen) atoms. The third-order valence-electron chi connectivity index (χ3n) is 3.48. The van der Waals surface area contributed by atoms with E-state index in [1.54, 1.807) is 18.2 Å². The Morgan fingerprint density at radius 2 is 2.21 bits per heavy atom. The molecule has 0 bridgehead atoms. The van der Waals surface area contributed by atoms with Gasteiger partial charge in [0.15, 0.2) is 0 Å². The van der Waals surface area contributed by atoms with E-state index < -0.39 is 6.61 Å². The monoisotopic (exact) mass is 271 g/mol. The first-order chi connectivity index (χ1) is 9.16. The first kappa shape index (κ1) is 14.2. The number of benzene rings is 1. The lowest BCUT2D eigenvalue weighted by Gasteiger charge is -2.20. The Balaban J connectivity index is 1.91. The molecule has 1 aromatic rings. The Morgan fingerprint density at radius 1 is 1.42 bits per heavy atom. The van der Waals surface area contributed by atoms with Gasteiger partial charge in [0.05, 0.1) is 6.61 Å². The largest absolute Gasteiger partial charge is 0.434 e.